The third-order valence-corrected chi connectivity index (χ3v) is 5.10. The third kappa shape index (κ3) is 7.77. The first kappa shape index (κ1) is 22.7. The number of aryl methyl sites for hydroxylation is 2. The van der Waals surface area contributed by atoms with Gasteiger partial charge in [-0.15, -0.1) is 0 Å². The molecule has 0 saturated heterocycles. The van der Waals surface area contributed by atoms with E-state index in [1.54, 1.807) is 24.3 Å². The van der Waals surface area contributed by atoms with Crippen molar-refractivity contribution in [2.45, 2.75) is 65.7 Å². The van der Waals surface area contributed by atoms with Crippen molar-refractivity contribution in [2.24, 2.45) is 0 Å². The largest absolute Gasteiger partial charge is 0.507 e. The summed E-state index contributed by atoms with van der Waals surface area (Å²) in [6.07, 6.45) is 12.2. The fourth-order valence-electron chi connectivity index (χ4n) is 3.32. The predicted molar refractivity (Wildman–Crippen MR) is 121 cm³/mol. The van der Waals surface area contributed by atoms with E-state index in [1.165, 1.54) is 38.5 Å². The zero-order chi connectivity index (χ0) is 21.1. The minimum absolute atomic E-state index is 0.0491. The Morgan fingerprint density at radius 2 is 1.52 bits per heavy atom. The van der Waals surface area contributed by atoms with Crippen LogP contribution in [-0.4, -0.2) is 17.5 Å². The molecular formula is C26H34O3. The lowest BCUT2D eigenvalue weighted by Gasteiger charge is -2.07. The normalized spacial score (nSPS) is 11.1. The third-order valence-electron chi connectivity index (χ3n) is 5.10. The molecule has 0 aliphatic rings. The Labute approximate surface area is 175 Å². The minimum Gasteiger partial charge on any atom is -0.507 e. The van der Waals surface area contributed by atoms with Crippen LogP contribution in [0.1, 0.15) is 78.9 Å². The maximum atomic E-state index is 12.4. The topological polar surface area (TPSA) is 46.5 Å². The second-order valence-electron chi connectivity index (χ2n) is 7.70. The Hall–Kier alpha value is -2.55. The van der Waals surface area contributed by atoms with Crippen LogP contribution in [0.15, 0.2) is 42.5 Å². The van der Waals surface area contributed by atoms with Gasteiger partial charge < -0.3 is 9.84 Å². The molecule has 0 radical (unpaired) electrons. The molecule has 2 rings (SSSR count). The number of aromatic hydroxyl groups is 1. The van der Waals surface area contributed by atoms with Crippen LogP contribution in [0.3, 0.4) is 0 Å². The number of hydrogen-bond donors (Lipinski definition) is 1. The van der Waals surface area contributed by atoms with Gasteiger partial charge in [-0.1, -0.05) is 51.5 Å². The summed E-state index contributed by atoms with van der Waals surface area (Å²) in [5, 5.41) is 9.84. The van der Waals surface area contributed by atoms with Crippen molar-refractivity contribution in [3.05, 3.63) is 64.7 Å². The molecule has 0 aliphatic carbocycles. The van der Waals surface area contributed by atoms with Crippen LogP contribution in [-0.2, 0) is 0 Å². The van der Waals surface area contributed by atoms with Crippen molar-refractivity contribution >= 4 is 11.9 Å². The zero-order valence-electron chi connectivity index (χ0n) is 18.0. The van der Waals surface area contributed by atoms with Gasteiger partial charge >= 0.3 is 0 Å². The number of ether oxygens (including phenoxy) is 1. The lowest BCUT2D eigenvalue weighted by Crippen LogP contribution is -1.99. The fourth-order valence-corrected chi connectivity index (χ4v) is 3.32. The van der Waals surface area contributed by atoms with Gasteiger partial charge in [0.15, 0.2) is 5.78 Å². The van der Waals surface area contributed by atoms with Gasteiger partial charge in [-0.3, -0.25) is 4.79 Å². The van der Waals surface area contributed by atoms with Gasteiger partial charge in [0.25, 0.3) is 0 Å². The molecule has 0 atom stereocenters. The van der Waals surface area contributed by atoms with E-state index < -0.39 is 0 Å². The molecule has 3 heteroatoms. The molecule has 0 fully saturated rings. The van der Waals surface area contributed by atoms with Crippen LogP contribution in [0, 0.1) is 13.8 Å². The molecule has 1 N–H and O–H groups in total. The number of benzene rings is 2. The van der Waals surface area contributed by atoms with Crippen molar-refractivity contribution in [3.8, 4) is 11.5 Å². The molecule has 2 aromatic rings. The molecule has 0 amide bonds. The predicted octanol–water partition coefficient (Wildman–Crippen LogP) is 7.03. The highest BCUT2D eigenvalue weighted by atomic mass is 16.5. The van der Waals surface area contributed by atoms with Crippen LogP contribution in [0.2, 0.25) is 0 Å². The fraction of sp³-hybridized carbons (Fsp3) is 0.423. The van der Waals surface area contributed by atoms with E-state index in [1.807, 2.05) is 38.1 Å². The van der Waals surface area contributed by atoms with Crippen molar-refractivity contribution in [1.82, 2.24) is 0 Å². The summed E-state index contributed by atoms with van der Waals surface area (Å²) in [5.74, 6) is 1.06. The average molecular weight is 395 g/mol. The van der Waals surface area contributed by atoms with E-state index in [0.29, 0.717) is 11.3 Å². The first-order valence-electron chi connectivity index (χ1n) is 10.8. The van der Waals surface area contributed by atoms with E-state index >= 15 is 0 Å². The number of phenolic OH excluding ortho intramolecular Hbond substituents is 1. The molecule has 0 aliphatic heterocycles. The summed E-state index contributed by atoms with van der Waals surface area (Å²) in [6.45, 7) is 6.67. The Morgan fingerprint density at radius 1 is 0.931 bits per heavy atom. The number of hydrogen-bond acceptors (Lipinski definition) is 3. The average Bonchev–Trinajstić information content (AvgIpc) is 2.72. The second kappa shape index (κ2) is 12.1. The van der Waals surface area contributed by atoms with Gasteiger partial charge in [0.2, 0.25) is 0 Å². The molecule has 3 nitrogen and oxygen atoms in total. The van der Waals surface area contributed by atoms with Gasteiger partial charge in [0.05, 0.1) is 6.61 Å². The smallest absolute Gasteiger partial charge is 0.185 e. The molecule has 29 heavy (non-hydrogen) atoms. The molecule has 2 aromatic carbocycles. The summed E-state index contributed by atoms with van der Waals surface area (Å²) < 4.78 is 5.78. The van der Waals surface area contributed by atoms with Crippen LogP contribution in [0.4, 0.5) is 0 Å². The second-order valence-corrected chi connectivity index (χ2v) is 7.70. The Kier molecular flexibility index (Phi) is 9.49. The lowest BCUT2D eigenvalue weighted by molar-refractivity contribution is 0.104. The van der Waals surface area contributed by atoms with Gasteiger partial charge in [-0.05, 0) is 79.4 Å². The monoisotopic (exact) mass is 394 g/mol. The molecule has 0 saturated carbocycles. The number of rotatable bonds is 12. The van der Waals surface area contributed by atoms with Crippen molar-refractivity contribution in [3.63, 3.8) is 0 Å². The summed E-state index contributed by atoms with van der Waals surface area (Å²) in [4.78, 5) is 12.4. The summed E-state index contributed by atoms with van der Waals surface area (Å²) in [7, 11) is 0. The Morgan fingerprint density at radius 3 is 2.14 bits per heavy atom. The van der Waals surface area contributed by atoms with Crippen LogP contribution < -0.4 is 4.74 Å². The maximum Gasteiger partial charge on any atom is 0.185 e. The number of allylic oxidation sites excluding steroid dienone is 1. The molecule has 0 heterocycles. The first-order chi connectivity index (χ1) is 14.0. The SMILES string of the molecule is CCCCCCCCCOc1ccc(C(=O)/C=C/c2cc(C)c(O)c(C)c2)cc1. The molecule has 156 valence electrons. The number of carbonyl (C=O) groups excluding carboxylic acids is 1. The highest BCUT2D eigenvalue weighted by Crippen LogP contribution is 2.23. The van der Waals surface area contributed by atoms with E-state index in [-0.39, 0.29) is 5.78 Å². The number of unbranched alkanes of at least 4 members (excludes halogenated alkanes) is 6. The Balaban J connectivity index is 1.78. The van der Waals surface area contributed by atoms with Crippen LogP contribution >= 0.6 is 0 Å². The van der Waals surface area contributed by atoms with E-state index in [0.717, 1.165) is 35.5 Å². The highest BCUT2D eigenvalue weighted by molar-refractivity contribution is 6.06. The van der Waals surface area contributed by atoms with E-state index in [9.17, 15) is 9.90 Å². The molecule has 0 spiro atoms. The summed E-state index contributed by atoms with van der Waals surface area (Å²) in [6, 6.07) is 11.1. The van der Waals surface area contributed by atoms with Crippen molar-refractivity contribution in [1.29, 1.82) is 0 Å². The summed E-state index contributed by atoms with van der Waals surface area (Å²) in [5.41, 5.74) is 3.15. The van der Waals surface area contributed by atoms with Gasteiger partial charge in [-0.25, -0.2) is 0 Å². The zero-order valence-corrected chi connectivity index (χ0v) is 18.0. The molecular weight excluding hydrogens is 360 g/mol. The van der Waals surface area contributed by atoms with Gasteiger partial charge in [0.1, 0.15) is 11.5 Å². The molecule has 0 unspecified atom stereocenters. The van der Waals surface area contributed by atoms with Crippen LogP contribution in [0.5, 0.6) is 11.5 Å². The standard InChI is InChI=1S/C26H34O3/c1-4-5-6-7-8-9-10-17-29-24-14-12-23(13-15-24)25(27)16-11-22-18-20(2)26(28)21(3)19-22/h11-16,18-19,28H,4-10,17H2,1-3H3/b16-11+. The number of phenols is 1. The van der Waals surface area contributed by atoms with Crippen LogP contribution in [0.25, 0.3) is 6.08 Å². The van der Waals surface area contributed by atoms with Gasteiger partial charge in [-0.2, -0.15) is 0 Å². The quantitative estimate of drug-likeness (QED) is 0.239. The molecule has 0 bridgehead atoms. The summed E-state index contributed by atoms with van der Waals surface area (Å²) >= 11 is 0. The van der Waals surface area contributed by atoms with Gasteiger partial charge in [0, 0.05) is 5.56 Å². The maximum absolute atomic E-state index is 12.4. The highest BCUT2D eigenvalue weighted by Gasteiger charge is 2.04. The van der Waals surface area contributed by atoms with E-state index in [4.69, 9.17) is 4.74 Å². The number of ketones is 1. The van der Waals surface area contributed by atoms with E-state index in [2.05, 4.69) is 6.92 Å². The lowest BCUT2D eigenvalue weighted by atomic mass is 10.0. The van der Waals surface area contributed by atoms with Crippen molar-refractivity contribution in [2.75, 3.05) is 6.61 Å². The Bertz CT molecular complexity index is 780. The number of carbonyl (C=O) groups is 1. The van der Waals surface area contributed by atoms with Crippen molar-refractivity contribution < 1.29 is 14.6 Å². The first-order valence-corrected chi connectivity index (χ1v) is 10.8. The molecule has 0 aromatic heterocycles. The minimum atomic E-state index is -0.0491.